The topological polar surface area (TPSA) is 27.1 Å². The summed E-state index contributed by atoms with van der Waals surface area (Å²) in [6.07, 6.45) is 1.36. The van der Waals surface area contributed by atoms with Gasteiger partial charge in [0.25, 0.3) is 0 Å². The van der Waals surface area contributed by atoms with Crippen LogP contribution >= 0.6 is 0 Å². The molecule has 1 N–H and O–H groups in total. The largest absolute Gasteiger partial charge is 0.330 e. The lowest BCUT2D eigenvalue weighted by molar-refractivity contribution is 0.447. The Bertz CT molecular complexity index is 394. The molecule has 1 saturated heterocycles. The molecule has 1 aliphatic heterocycles. The normalized spacial score (nSPS) is 16.2. The maximum Gasteiger partial charge on any atom is 0.194 e. The van der Waals surface area contributed by atoms with Crippen LogP contribution in [0.1, 0.15) is 12.8 Å². The Morgan fingerprint density at radius 3 is 2.20 bits per heavy atom. The zero-order valence-corrected chi connectivity index (χ0v) is 7.86. The van der Waals surface area contributed by atoms with E-state index >= 15 is 0 Å². The summed E-state index contributed by atoms with van der Waals surface area (Å²) in [4.78, 5) is 1.48. The SMILES string of the molecule is N=C1CCCN1c1cc(F)c(F)c(F)c1. The van der Waals surface area contributed by atoms with E-state index < -0.39 is 17.5 Å². The van der Waals surface area contributed by atoms with Crippen LogP contribution in [0, 0.1) is 22.9 Å². The minimum absolute atomic E-state index is 0.203. The first-order chi connectivity index (χ1) is 7.09. The van der Waals surface area contributed by atoms with E-state index in [1.165, 1.54) is 4.90 Å². The van der Waals surface area contributed by atoms with Gasteiger partial charge in [-0.2, -0.15) is 0 Å². The second-order valence-electron chi connectivity index (χ2n) is 3.43. The molecular weight excluding hydrogens is 205 g/mol. The van der Waals surface area contributed by atoms with Crippen molar-refractivity contribution in [1.82, 2.24) is 0 Å². The molecule has 1 aromatic carbocycles. The molecule has 15 heavy (non-hydrogen) atoms. The van der Waals surface area contributed by atoms with Gasteiger partial charge in [-0.15, -0.1) is 0 Å². The van der Waals surface area contributed by atoms with Gasteiger partial charge in [-0.1, -0.05) is 0 Å². The molecule has 2 rings (SSSR count). The van der Waals surface area contributed by atoms with Crippen molar-refractivity contribution in [2.45, 2.75) is 12.8 Å². The number of hydrogen-bond acceptors (Lipinski definition) is 1. The molecule has 5 heteroatoms. The van der Waals surface area contributed by atoms with Gasteiger partial charge >= 0.3 is 0 Å². The highest BCUT2D eigenvalue weighted by Crippen LogP contribution is 2.25. The Kier molecular flexibility index (Phi) is 2.38. The molecule has 1 heterocycles. The Balaban J connectivity index is 2.41. The quantitative estimate of drug-likeness (QED) is 0.715. The third-order valence-corrected chi connectivity index (χ3v) is 2.40. The van der Waals surface area contributed by atoms with Crippen molar-refractivity contribution in [2.24, 2.45) is 0 Å². The minimum atomic E-state index is -1.47. The summed E-state index contributed by atoms with van der Waals surface area (Å²) in [6, 6.07) is 1.83. The van der Waals surface area contributed by atoms with Crippen LogP contribution in [-0.4, -0.2) is 12.4 Å². The second kappa shape index (κ2) is 3.56. The van der Waals surface area contributed by atoms with E-state index in [0.717, 1.165) is 18.6 Å². The van der Waals surface area contributed by atoms with Crippen molar-refractivity contribution >= 4 is 11.5 Å². The monoisotopic (exact) mass is 214 g/mol. The molecule has 0 atom stereocenters. The Morgan fingerprint density at radius 1 is 1.13 bits per heavy atom. The van der Waals surface area contributed by atoms with Crippen molar-refractivity contribution in [2.75, 3.05) is 11.4 Å². The number of nitrogens with zero attached hydrogens (tertiary/aromatic N) is 1. The Hall–Kier alpha value is -1.52. The molecule has 0 spiro atoms. The average molecular weight is 214 g/mol. The molecule has 2 nitrogen and oxygen atoms in total. The molecule has 0 aromatic heterocycles. The summed E-state index contributed by atoms with van der Waals surface area (Å²) in [5, 5.41) is 7.53. The van der Waals surface area contributed by atoms with E-state index in [4.69, 9.17) is 5.41 Å². The molecule has 0 radical (unpaired) electrons. The molecule has 0 amide bonds. The van der Waals surface area contributed by atoms with Crippen LogP contribution < -0.4 is 4.90 Å². The van der Waals surface area contributed by atoms with Crippen LogP contribution in [0.15, 0.2) is 12.1 Å². The lowest BCUT2D eigenvalue weighted by Gasteiger charge is -2.17. The van der Waals surface area contributed by atoms with Crippen LogP contribution in [0.2, 0.25) is 0 Å². The molecule has 80 valence electrons. The summed E-state index contributed by atoms with van der Waals surface area (Å²) in [6.45, 7) is 0.545. The minimum Gasteiger partial charge on any atom is -0.330 e. The summed E-state index contributed by atoms with van der Waals surface area (Å²) < 4.78 is 38.5. The first-order valence-electron chi connectivity index (χ1n) is 4.59. The van der Waals surface area contributed by atoms with Crippen LogP contribution in [0.4, 0.5) is 18.9 Å². The van der Waals surface area contributed by atoms with Gasteiger partial charge in [0.1, 0.15) is 5.84 Å². The second-order valence-corrected chi connectivity index (χ2v) is 3.43. The zero-order chi connectivity index (χ0) is 11.0. The van der Waals surface area contributed by atoms with E-state index in [9.17, 15) is 13.2 Å². The van der Waals surface area contributed by atoms with Gasteiger partial charge < -0.3 is 4.90 Å². The first-order valence-corrected chi connectivity index (χ1v) is 4.59. The average Bonchev–Trinajstić information content (AvgIpc) is 2.60. The third-order valence-electron chi connectivity index (χ3n) is 2.40. The van der Waals surface area contributed by atoms with Crippen molar-refractivity contribution in [3.63, 3.8) is 0 Å². The van der Waals surface area contributed by atoms with Crippen molar-refractivity contribution in [1.29, 1.82) is 5.41 Å². The molecule has 0 bridgehead atoms. The first kappa shape index (κ1) is 10.0. The van der Waals surface area contributed by atoms with Gasteiger partial charge in [-0.05, 0) is 6.42 Å². The van der Waals surface area contributed by atoms with Gasteiger partial charge in [0.15, 0.2) is 17.5 Å². The number of rotatable bonds is 1. The lowest BCUT2D eigenvalue weighted by atomic mass is 10.2. The highest BCUT2D eigenvalue weighted by atomic mass is 19.2. The van der Waals surface area contributed by atoms with Gasteiger partial charge in [0.05, 0.1) is 0 Å². The molecule has 1 fully saturated rings. The fourth-order valence-corrected chi connectivity index (χ4v) is 1.66. The van der Waals surface area contributed by atoms with Crippen LogP contribution in [0.5, 0.6) is 0 Å². The third kappa shape index (κ3) is 1.69. The summed E-state index contributed by atoms with van der Waals surface area (Å²) in [7, 11) is 0. The number of amidine groups is 1. The molecule has 1 aromatic rings. The molecular formula is C10H9F3N2. The lowest BCUT2D eigenvalue weighted by Crippen LogP contribution is -2.23. The number of halogens is 3. The van der Waals surface area contributed by atoms with E-state index in [1.807, 2.05) is 0 Å². The van der Waals surface area contributed by atoms with Crippen molar-refractivity contribution in [3.8, 4) is 0 Å². The van der Waals surface area contributed by atoms with Crippen LogP contribution in [-0.2, 0) is 0 Å². The predicted octanol–water partition coefficient (Wildman–Crippen LogP) is 2.68. The molecule has 0 aliphatic carbocycles. The fourth-order valence-electron chi connectivity index (χ4n) is 1.66. The summed E-state index contributed by atoms with van der Waals surface area (Å²) in [5.74, 6) is -3.60. The smallest absolute Gasteiger partial charge is 0.194 e. The number of anilines is 1. The number of benzene rings is 1. The van der Waals surface area contributed by atoms with Crippen molar-refractivity contribution in [3.05, 3.63) is 29.6 Å². The number of nitrogens with one attached hydrogen (secondary N) is 1. The molecule has 0 saturated carbocycles. The Morgan fingerprint density at radius 2 is 1.73 bits per heavy atom. The van der Waals surface area contributed by atoms with E-state index in [2.05, 4.69) is 0 Å². The molecule has 0 unspecified atom stereocenters. The van der Waals surface area contributed by atoms with Gasteiger partial charge in [0.2, 0.25) is 0 Å². The van der Waals surface area contributed by atoms with Crippen LogP contribution in [0.3, 0.4) is 0 Å². The highest BCUT2D eigenvalue weighted by molar-refractivity contribution is 5.97. The number of hydrogen-bond donors (Lipinski definition) is 1. The van der Waals surface area contributed by atoms with Crippen LogP contribution in [0.25, 0.3) is 0 Å². The maximum atomic E-state index is 12.9. The Labute approximate surface area is 84.8 Å². The van der Waals surface area contributed by atoms with Gasteiger partial charge in [0, 0.05) is 30.8 Å². The zero-order valence-electron chi connectivity index (χ0n) is 7.86. The van der Waals surface area contributed by atoms with E-state index in [0.29, 0.717) is 18.8 Å². The molecule has 1 aliphatic rings. The fraction of sp³-hybridized carbons (Fsp3) is 0.300. The summed E-state index contributed by atoms with van der Waals surface area (Å²) >= 11 is 0. The van der Waals surface area contributed by atoms with Crippen molar-refractivity contribution < 1.29 is 13.2 Å². The maximum absolute atomic E-state index is 12.9. The van der Waals surface area contributed by atoms with Gasteiger partial charge in [-0.25, -0.2) is 13.2 Å². The van der Waals surface area contributed by atoms with Gasteiger partial charge in [-0.3, -0.25) is 5.41 Å². The highest BCUT2D eigenvalue weighted by Gasteiger charge is 2.21. The predicted molar refractivity (Wildman–Crippen MR) is 50.6 cm³/mol. The standard InChI is InChI=1S/C10H9F3N2/c11-7-4-6(5-8(12)10(7)13)15-3-1-2-9(15)14/h4-5,14H,1-3H2. The summed E-state index contributed by atoms with van der Waals surface area (Å²) in [5.41, 5.74) is 0.203. The van der Waals surface area contributed by atoms with E-state index in [-0.39, 0.29) is 5.69 Å². The van der Waals surface area contributed by atoms with E-state index in [1.54, 1.807) is 0 Å².